The number of carbonyl (C=O) groups excluding carboxylic acids is 1. The van der Waals surface area contributed by atoms with Crippen LogP contribution in [0, 0.1) is 5.82 Å². The molecule has 8 heteroatoms. The van der Waals surface area contributed by atoms with E-state index in [-0.39, 0.29) is 11.5 Å². The Morgan fingerprint density at radius 2 is 1.78 bits per heavy atom. The van der Waals surface area contributed by atoms with Gasteiger partial charge in [-0.1, -0.05) is 12.5 Å². The highest BCUT2D eigenvalue weighted by atomic mass is 32.2. The van der Waals surface area contributed by atoms with Crippen LogP contribution in [0.15, 0.2) is 53.4 Å². The van der Waals surface area contributed by atoms with Crippen molar-refractivity contribution < 1.29 is 22.3 Å². The van der Waals surface area contributed by atoms with Gasteiger partial charge in [0.1, 0.15) is 11.6 Å². The number of ether oxygens (including phenoxy) is 1. The van der Waals surface area contributed by atoms with E-state index in [2.05, 4.69) is 5.32 Å². The van der Waals surface area contributed by atoms with Gasteiger partial charge in [-0.2, -0.15) is 4.31 Å². The maximum atomic E-state index is 13.1. The van der Waals surface area contributed by atoms with E-state index >= 15 is 0 Å². The third-order valence-electron chi connectivity index (χ3n) is 4.25. The van der Waals surface area contributed by atoms with Crippen molar-refractivity contribution in [3.8, 4) is 5.75 Å². The van der Waals surface area contributed by atoms with Crippen LogP contribution in [0.3, 0.4) is 0 Å². The summed E-state index contributed by atoms with van der Waals surface area (Å²) < 4.78 is 45.1. The first-order chi connectivity index (χ1) is 12.9. The molecule has 2 aromatic carbocycles. The second-order valence-electron chi connectivity index (χ2n) is 6.28. The summed E-state index contributed by atoms with van der Waals surface area (Å²) in [6, 6.07) is 11.5. The molecule has 3 rings (SSSR count). The van der Waals surface area contributed by atoms with Gasteiger partial charge in [0, 0.05) is 18.8 Å². The summed E-state index contributed by atoms with van der Waals surface area (Å²) >= 11 is 0. The van der Waals surface area contributed by atoms with E-state index in [4.69, 9.17) is 4.74 Å². The third-order valence-corrected chi connectivity index (χ3v) is 6.17. The molecule has 0 radical (unpaired) electrons. The Bertz CT molecular complexity index is 894. The van der Waals surface area contributed by atoms with Gasteiger partial charge in [0.2, 0.25) is 10.0 Å². The number of hydrogen-bond acceptors (Lipinski definition) is 4. The average molecular weight is 392 g/mol. The lowest BCUT2D eigenvalue weighted by Gasteiger charge is -2.25. The molecule has 0 saturated carbocycles. The van der Waals surface area contributed by atoms with E-state index in [0.29, 0.717) is 24.5 Å². The fourth-order valence-electron chi connectivity index (χ4n) is 2.87. The molecule has 0 aliphatic carbocycles. The van der Waals surface area contributed by atoms with Crippen LogP contribution in [0.1, 0.15) is 19.3 Å². The molecule has 1 amide bonds. The molecule has 0 spiro atoms. The zero-order valence-electron chi connectivity index (χ0n) is 14.7. The molecule has 1 saturated heterocycles. The Morgan fingerprint density at radius 3 is 2.44 bits per heavy atom. The van der Waals surface area contributed by atoms with Crippen molar-refractivity contribution in [2.75, 3.05) is 25.0 Å². The van der Waals surface area contributed by atoms with Crippen molar-refractivity contribution in [2.45, 2.75) is 24.2 Å². The van der Waals surface area contributed by atoms with Gasteiger partial charge in [0.15, 0.2) is 6.61 Å². The topological polar surface area (TPSA) is 75.7 Å². The van der Waals surface area contributed by atoms with Crippen LogP contribution >= 0.6 is 0 Å². The zero-order chi connectivity index (χ0) is 19.3. The molecule has 144 valence electrons. The quantitative estimate of drug-likeness (QED) is 0.820. The number of rotatable bonds is 6. The van der Waals surface area contributed by atoms with E-state index in [1.807, 2.05) is 0 Å². The van der Waals surface area contributed by atoms with Crippen molar-refractivity contribution >= 4 is 21.6 Å². The molecule has 2 aromatic rings. The number of benzene rings is 2. The van der Waals surface area contributed by atoms with Gasteiger partial charge < -0.3 is 10.1 Å². The third kappa shape index (κ3) is 5.05. The minimum absolute atomic E-state index is 0.209. The maximum Gasteiger partial charge on any atom is 0.262 e. The van der Waals surface area contributed by atoms with Crippen molar-refractivity contribution in [3.63, 3.8) is 0 Å². The van der Waals surface area contributed by atoms with Gasteiger partial charge in [-0.05, 0) is 55.3 Å². The van der Waals surface area contributed by atoms with Crippen LogP contribution in [0.4, 0.5) is 10.1 Å². The van der Waals surface area contributed by atoms with Crippen molar-refractivity contribution in [3.05, 3.63) is 54.3 Å². The molecule has 1 N–H and O–H groups in total. The van der Waals surface area contributed by atoms with Crippen LogP contribution in [0.5, 0.6) is 5.75 Å². The number of sulfonamides is 1. The van der Waals surface area contributed by atoms with Gasteiger partial charge in [0.25, 0.3) is 5.91 Å². The van der Waals surface area contributed by atoms with Gasteiger partial charge in [-0.3, -0.25) is 4.79 Å². The van der Waals surface area contributed by atoms with Crippen LogP contribution < -0.4 is 10.1 Å². The normalized spacial score (nSPS) is 15.3. The molecule has 1 fully saturated rings. The lowest BCUT2D eigenvalue weighted by Crippen LogP contribution is -2.35. The number of hydrogen-bond donors (Lipinski definition) is 1. The highest BCUT2D eigenvalue weighted by Crippen LogP contribution is 2.22. The van der Waals surface area contributed by atoms with E-state index in [1.165, 1.54) is 46.8 Å². The second-order valence-corrected chi connectivity index (χ2v) is 8.22. The lowest BCUT2D eigenvalue weighted by molar-refractivity contribution is -0.118. The highest BCUT2D eigenvalue weighted by molar-refractivity contribution is 7.89. The van der Waals surface area contributed by atoms with Gasteiger partial charge in [-0.25, -0.2) is 12.8 Å². The fourth-order valence-corrected chi connectivity index (χ4v) is 4.39. The van der Waals surface area contributed by atoms with Crippen molar-refractivity contribution in [2.24, 2.45) is 0 Å². The Hall–Kier alpha value is -2.45. The summed E-state index contributed by atoms with van der Waals surface area (Å²) in [7, 11) is -3.49. The van der Waals surface area contributed by atoms with Gasteiger partial charge in [-0.15, -0.1) is 0 Å². The van der Waals surface area contributed by atoms with Crippen molar-refractivity contribution in [1.29, 1.82) is 0 Å². The van der Waals surface area contributed by atoms with Crippen LogP contribution in [-0.2, 0) is 14.8 Å². The van der Waals surface area contributed by atoms with Crippen LogP contribution in [0.25, 0.3) is 0 Å². The molecule has 1 aliphatic heterocycles. The Labute approximate surface area is 158 Å². The number of carbonyl (C=O) groups is 1. The maximum absolute atomic E-state index is 13.1. The number of amides is 1. The second kappa shape index (κ2) is 8.49. The summed E-state index contributed by atoms with van der Waals surface area (Å²) in [5.41, 5.74) is 0.339. The lowest BCUT2D eigenvalue weighted by atomic mass is 10.2. The molecule has 0 atom stereocenters. The summed E-state index contributed by atoms with van der Waals surface area (Å²) in [5, 5.41) is 2.53. The van der Waals surface area contributed by atoms with Crippen LogP contribution in [0.2, 0.25) is 0 Å². The Kier molecular flexibility index (Phi) is 6.08. The summed E-state index contributed by atoms with van der Waals surface area (Å²) in [4.78, 5) is 12.1. The molecule has 0 bridgehead atoms. The van der Waals surface area contributed by atoms with Gasteiger partial charge in [0.05, 0.1) is 4.90 Å². The first-order valence-corrected chi connectivity index (χ1v) is 10.2. The number of nitrogens with one attached hydrogen (secondary N) is 1. The SMILES string of the molecule is O=C(COc1ccc(S(=O)(=O)N2CCCCC2)cc1)Nc1cccc(F)c1. The average Bonchev–Trinajstić information content (AvgIpc) is 2.67. The highest BCUT2D eigenvalue weighted by Gasteiger charge is 2.25. The monoisotopic (exact) mass is 392 g/mol. The first kappa shape index (κ1) is 19.3. The number of anilines is 1. The van der Waals surface area contributed by atoms with Crippen molar-refractivity contribution in [1.82, 2.24) is 4.31 Å². The molecule has 1 heterocycles. The fraction of sp³-hybridized carbons (Fsp3) is 0.316. The minimum Gasteiger partial charge on any atom is -0.484 e. The molecule has 6 nitrogen and oxygen atoms in total. The summed E-state index contributed by atoms with van der Waals surface area (Å²) in [5.74, 6) is -0.508. The molecule has 27 heavy (non-hydrogen) atoms. The number of piperidine rings is 1. The van der Waals surface area contributed by atoms with Gasteiger partial charge >= 0.3 is 0 Å². The smallest absolute Gasteiger partial charge is 0.262 e. The first-order valence-electron chi connectivity index (χ1n) is 8.73. The standard InChI is InChI=1S/C19H21FN2O4S/c20-15-5-4-6-16(13-15)21-19(23)14-26-17-7-9-18(10-8-17)27(24,25)22-11-2-1-3-12-22/h4-10,13H,1-3,11-12,14H2,(H,21,23). The molecule has 0 unspecified atom stereocenters. The molecular weight excluding hydrogens is 371 g/mol. The molecule has 1 aliphatic rings. The van der Waals surface area contributed by atoms with E-state index in [9.17, 15) is 17.6 Å². The number of halogens is 1. The zero-order valence-corrected chi connectivity index (χ0v) is 15.5. The predicted octanol–water partition coefficient (Wildman–Crippen LogP) is 3.02. The minimum atomic E-state index is -3.49. The molecular formula is C19H21FN2O4S. The molecule has 0 aromatic heterocycles. The van der Waals surface area contributed by atoms with E-state index < -0.39 is 21.7 Å². The van der Waals surface area contributed by atoms with E-state index in [1.54, 1.807) is 6.07 Å². The predicted molar refractivity (Wildman–Crippen MR) is 99.6 cm³/mol. The largest absolute Gasteiger partial charge is 0.484 e. The summed E-state index contributed by atoms with van der Waals surface area (Å²) in [6.45, 7) is 0.816. The Balaban J connectivity index is 1.56. The Morgan fingerprint density at radius 1 is 1.07 bits per heavy atom. The number of nitrogens with zero attached hydrogens (tertiary/aromatic N) is 1. The van der Waals surface area contributed by atoms with E-state index in [0.717, 1.165) is 19.3 Å². The van der Waals surface area contributed by atoms with Crippen LogP contribution in [-0.4, -0.2) is 38.3 Å². The summed E-state index contributed by atoms with van der Waals surface area (Å²) in [6.07, 6.45) is 2.80.